The van der Waals surface area contributed by atoms with Crippen molar-refractivity contribution in [1.82, 2.24) is 15.2 Å². The molecule has 1 aromatic rings. The summed E-state index contributed by atoms with van der Waals surface area (Å²) in [7, 11) is 0. The number of nitrogens with one attached hydrogen (secondary N) is 1. The van der Waals surface area contributed by atoms with Gasteiger partial charge in [-0.15, -0.1) is 0 Å². The molecule has 4 nitrogen and oxygen atoms in total. The van der Waals surface area contributed by atoms with Crippen molar-refractivity contribution in [3.05, 3.63) is 30.1 Å². The first-order valence-corrected chi connectivity index (χ1v) is 6.71. The van der Waals surface area contributed by atoms with Gasteiger partial charge in [0.25, 0.3) is 0 Å². The minimum atomic E-state index is 0.0602. The summed E-state index contributed by atoms with van der Waals surface area (Å²) in [4.78, 5) is 17.9. The van der Waals surface area contributed by atoms with E-state index in [1.54, 1.807) is 12.4 Å². The predicted molar refractivity (Wildman–Crippen MR) is 71.1 cm³/mol. The number of hydrogen-bond donors (Lipinski definition) is 1. The van der Waals surface area contributed by atoms with Crippen LogP contribution in [0, 0.1) is 5.92 Å². The fourth-order valence-electron chi connectivity index (χ4n) is 2.37. The van der Waals surface area contributed by atoms with E-state index in [4.69, 9.17) is 0 Å². The Morgan fingerprint density at radius 3 is 3.00 bits per heavy atom. The van der Waals surface area contributed by atoms with Gasteiger partial charge in [-0.1, -0.05) is 13.3 Å². The molecule has 4 heteroatoms. The first kappa shape index (κ1) is 12.9. The molecule has 1 atom stereocenters. The average Bonchev–Trinajstić information content (AvgIpc) is 2.46. The van der Waals surface area contributed by atoms with Gasteiger partial charge in [0.2, 0.25) is 0 Å². The highest BCUT2D eigenvalue weighted by molar-refractivity contribution is 5.74. The van der Waals surface area contributed by atoms with Crippen LogP contribution >= 0.6 is 0 Å². The van der Waals surface area contributed by atoms with E-state index < -0.39 is 0 Å². The van der Waals surface area contributed by atoms with Crippen LogP contribution in [0.15, 0.2) is 24.5 Å². The Hall–Kier alpha value is -1.58. The molecule has 2 heterocycles. The van der Waals surface area contributed by atoms with Crippen LogP contribution in [0.3, 0.4) is 0 Å². The van der Waals surface area contributed by atoms with Crippen LogP contribution < -0.4 is 5.32 Å². The second-order valence-electron chi connectivity index (χ2n) is 4.88. The van der Waals surface area contributed by atoms with Crippen LogP contribution in [0.4, 0.5) is 4.79 Å². The number of carbonyl (C=O) groups excluding carboxylic acids is 1. The highest BCUT2D eigenvalue weighted by atomic mass is 16.2. The number of hydrogen-bond acceptors (Lipinski definition) is 2. The number of pyridine rings is 1. The molecule has 0 spiro atoms. The van der Waals surface area contributed by atoms with Crippen molar-refractivity contribution in [3.63, 3.8) is 0 Å². The van der Waals surface area contributed by atoms with Crippen LogP contribution in [0.2, 0.25) is 0 Å². The minimum absolute atomic E-state index is 0.0602. The molecule has 1 aliphatic heterocycles. The highest BCUT2D eigenvalue weighted by Gasteiger charge is 2.21. The summed E-state index contributed by atoms with van der Waals surface area (Å²) < 4.78 is 0. The number of aromatic nitrogens is 1. The monoisotopic (exact) mass is 247 g/mol. The van der Waals surface area contributed by atoms with E-state index in [1.807, 2.05) is 17.0 Å². The molecule has 1 aromatic heterocycles. The summed E-state index contributed by atoms with van der Waals surface area (Å²) in [6.45, 7) is 4.56. The third kappa shape index (κ3) is 3.45. The fourth-order valence-corrected chi connectivity index (χ4v) is 2.37. The lowest BCUT2D eigenvalue weighted by Crippen LogP contribution is -2.45. The second kappa shape index (κ2) is 6.38. The van der Waals surface area contributed by atoms with Crippen molar-refractivity contribution < 1.29 is 4.79 Å². The van der Waals surface area contributed by atoms with Crippen molar-refractivity contribution >= 4 is 6.03 Å². The van der Waals surface area contributed by atoms with Crippen LogP contribution in [0.25, 0.3) is 0 Å². The van der Waals surface area contributed by atoms with Gasteiger partial charge in [0.15, 0.2) is 0 Å². The lowest BCUT2D eigenvalue weighted by Gasteiger charge is -2.32. The summed E-state index contributed by atoms with van der Waals surface area (Å²) in [5.41, 5.74) is 1.09. The first-order chi connectivity index (χ1) is 8.79. The van der Waals surface area contributed by atoms with E-state index in [-0.39, 0.29) is 6.03 Å². The summed E-state index contributed by atoms with van der Waals surface area (Å²) in [5, 5.41) is 2.97. The van der Waals surface area contributed by atoms with Crippen molar-refractivity contribution in [3.8, 4) is 0 Å². The fraction of sp³-hybridized carbons (Fsp3) is 0.571. The highest BCUT2D eigenvalue weighted by Crippen LogP contribution is 2.18. The zero-order valence-corrected chi connectivity index (χ0v) is 10.9. The minimum Gasteiger partial charge on any atom is -0.334 e. The van der Waals surface area contributed by atoms with E-state index in [1.165, 1.54) is 6.42 Å². The van der Waals surface area contributed by atoms with Crippen molar-refractivity contribution in [2.24, 2.45) is 5.92 Å². The number of piperidine rings is 1. The van der Waals surface area contributed by atoms with Gasteiger partial charge in [-0.3, -0.25) is 4.98 Å². The Morgan fingerprint density at radius 2 is 2.28 bits per heavy atom. The molecule has 2 amide bonds. The van der Waals surface area contributed by atoms with Gasteiger partial charge < -0.3 is 10.2 Å². The zero-order valence-electron chi connectivity index (χ0n) is 10.9. The molecular formula is C14H21N3O. The lowest BCUT2D eigenvalue weighted by molar-refractivity contribution is 0.163. The van der Waals surface area contributed by atoms with E-state index in [0.29, 0.717) is 12.5 Å². The summed E-state index contributed by atoms with van der Waals surface area (Å²) in [6, 6.07) is 3.90. The Bertz CT molecular complexity index is 380. The van der Waals surface area contributed by atoms with Gasteiger partial charge in [0.1, 0.15) is 0 Å². The Kier molecular flexibility index (Phi) is 4.56. The Labute approximate surface area is 108 Å². The van der Waals surface area contributed by atoms with Gasteiger partial charge in [0, 0.05) is 32.0 Å². The molecule has 0 aromatic carbocycles. The van der Waals surface area contributed by atoms with Crippen molar-refractivity contribution in [2.75, 3.05) is 13.1 Å². The average molecular weight is 247 g/mol. The molecule has 0 aliphatic carbocycles. The maximum atomic E-state index is 12.0. The number of rotatable bonds is 3. The zero-order chi connectivity index (χ0) is 12.8. The third-order valence-electron chi connectivity index (χ3n) is 3.58. The molecule has 18 heavy (non-hydrogen) atoms. The predicted octanol–water partition coefficient (Wildman–Crippen LogP) is 2.41. The summed E-state index contributed by atoms with van der Waals surface area (Å²) in [6.07, 6.45) is 7.03. The van der Waals surface area contributed by atoms with Gasteiger partial charge >= 0.3 is 6.03 Å². The maximum absolute atomic E-state index is 12.0. The molecule has 0 saturated carbocycles. The van der Waals surface area contributed by atoms with Crippen LogP contribution in [0.5, 0.6) is 0 Å². The second-order valence-corrected chi connectivity index (χ2v) is 4.88. The molecule has 1 unspecified atom stereocenters. The number of urea groups is 1. The molecular weight excluding hydrogens is 226 g/mol. The van der Waals surface area contributed by atoms with Gasteiger partial charge in [-0.25, -0.2) is 4.79 Å². The third-order valence-corrected chi connectivity index (χ3v) is 3.58. The summed E-state index contributed by atoms with van der Waals surface area (Å²) >= 11 is 0. The van der Waals surface area contributed by atoms with Gasteiger partial charge in [0.05, 0.1) is 0 Å². The normalized spacial score (nSPS) is 19.6. The molecule has 0 bridgehead atoms. The molecule has 2 rings (SSSR count). The Balaban J connectivity index is 1.81. The number of amides is 2. The molecule has 1 N–H and O–H groups in total. The number of likely N-dealkylation sites (tertiary alicyclic amines) is 1. The topological polar surface area (TPSA) is 45.2 Å². The molecule has 1 saturated heterocycles. The van der Waals surface area contributed by atoms with E-state index in [2.05, 4.69) is 17.2 Å². The molecule has 0 radical (unpaired) electrons. The Morgan fingerprint density at radius 1 is 1.50 bits per heavy atom. The van der Waals surface area contributed by atoms with E-state index >= 15 is 0 Å². The maximum Gasteiger partial charge on any atom is 0.317 e. The number of carbonyl (C=O) groups is 1. The van der Waals surface area contributed by atoms with E-state index in [9.17, 15) is 4.79 Å². The standard InChI is InChI=1S/C14H21N3O/c1-2-12-4-3-9-17(11-12)14(18)16-10-13-5-7-15-8-6-13/h5-8,12H,2-4,9-11H2,1H3,(H,16,18). The van der Waals surface area contributed by atoms with Crippen molar-refractivity contribution in [2.45, 2.75) is 32.7 Å². The van der Waals surface area contributed by atoms with Gasteiger partial charge in [-0.2, -0.15) is 0 Å². The van der Waals surface area contributed by atoms with E-state index in [0.717, 1.165) is 31.5 Å². The molecule has 1 aliphatic rings. The SMILES string of the molecule is CCC1CCCN(C(=O)NCc2ccncc2)C1. The lowest BCUT2D eigenvalue weighted by atomic mass is 9.96. The molecule has 98 valence electrons. The molecule has 1 fully saturated rings. The smallest absolute Gasteiger partial charge is 0.317 e. The van der Waals surface area contributed by atoms with Crippen molar-refractivity contribution in [1.29, 1.82) is 0 Å². The summed E-state index contributed by atoms with van der Waals surface area (Å²) in [5.74, 6) is 0.672. The van der Waals surface area contributed by atoms with Crippen LogP contribution in [-0.2, 0) is 6.54 Å². The largest absolute Gasteiger partial charge is 0.334 e. The first-order valence-electron chi connectivity index (χ1n) is 6.71. The van der Waals surface area contributed by atoms with Crippen LogP contribution in [0.1, 0.15) is 31.7 Å². The number of nitrogens with zero attached hydrogens (tertiary/aromatic N) is 2. The van der Waals surface area contributed by atoms with Crippen LogP contribution in [-0.4, -0.2) is 29.0 Å². The van der Waals surface area contributed by atoms with Gasteiger partial charge in [-0.05, 0) is 36.5 Å². The quantitative estimate of drug-likeness (QED) is 0.891.